The molecule has 0 bridgehead atoms. The highest BCUT2D eigenvalue weighted by molar-refractivity contribution is 4.84. The molecule has 34 heavy (non-hydrogen) atoms. The molecule has 1 aromatic rings. The van der Waals surface area contributed by atoms with E-state index in [0.29, 0.717) is 0 Å². The van der Waals surface area contributed by atoms with Crippen LogP contribution in [-0.2, 0) is 19.5 Å². The Morgan fingerprint density at radius 2 is 0.912 bits per heavy atom. The minimum absolute atomic E-state index is 1.18. The Morgan fingerprint density at radius 1 is 0.500 bits per heavy atom. The molecule has 2 heteroatoms. The lowest BCUT2D eigenvalue weighted by molar-refractivity contribution is -0.703. The van der Waals surface area contributed by atoms with Crippen molar-refractivity contribution in [1.29, 1.82) is 0 Å². The first-order valence-corrected chi connectivity index (χ1v) is 15.9. The Hall–Kier alpha value is -0.790. The van der Waals surface area contributed by atoms with Gasteiger partial charge in [-0.25, -0.2) is 9.13 Å². The molecule has 0 aliphatic carbocycles. The third kappa shape index (κ3) is 16.8. The molecule has 1 aromatic heterocycles. The van der Waals surface area contributed by atoms with Crippen LogP contribution < -0.4 is 4.57 Å². The van der Waals surface area contributed by atoms with Gasteiger partial charge in [-0.15, -0.1) is 0 Å². The van der Waals surface area contributed by atoms with Gasteiger partial charge in [0.15, 0.2) is 0 Å². The summed E-state index contributed by atoms with van der Waals surface area (Å²) in [4.78, 5) is 0. The van der Waals surface area contributed by atoms with E-state index in [1.807, 2.05) is 0 Å². The Labute approximate surface area is 215 Å². The first kappa shape index (κ1) is 31.2. The van der Waals surface area contributed by atoms with Crippen LogP contribution in [0, 0.1) is 0 Å². The second kappa shape index (κ2) is 23.9. The summed E-state index contributed by atoms with van der Waals surface area (Å²) in [6, 6.07) is 0. The summed E-state index contributed by atoms with van der Waals surface area (Å²) in [5.41, 5.74) is 0. The Morgan fingerprint density at radius 3 is 1.35 bits per heavy atom. The van der Waals surface area contributed by atoms with Crippen molar-refractivity contribution < 1.29 is 4.57 Å². The smallest absolute Gasteiger partial charge is 0.234 e. The molecule has 1 rings (SSSR count). The summed E-state index contributed by atoms with van der Waals surface area (Å²) in [7, 11) is 0. The van der Waals surface area contributed by atoms with E-state index in [9.17, 15) is 0 Å². The average molecular weight is 476 g/mol. The molecule has 0 aliphatic heterocycles. The molecule has 0 atom stereocenters. The summed E-state index contributed by atoms with van der Waals surface area (Å²) in [5.74, 6) is 1.59. The van der Waals surface area contributed by atoms with Gasteiger partial charge in [0.2, 0.25) is 0 Å². The van der Waals surface area contributed by atoms with Crippen molar-refractivity contribution in [2.24, 2.45) is 0 Å². The van der Waals surface area contributed by atoms with Gasteiger partial charge in [0.05, 0.1) is 13.1 Å². The van der Waals surface area contributed by atoms with Crippen molar-refractivity contribution in [3.63, 3.8) is 0 Å². The van der Waals surface area contributed by atoms with Crippen LogP contribution in [0.2, 0.25) is 0 Å². The van der Waals surface area contributed by atoms with Gasteiger partial charge >= 0.3 is 0 Å². The molecule has 2 nitrogen and oxygen atoms in total. The Bertz CT molecular complexity index is 533. The maximum atomic E-state index is 2.58. The number of unbranched alkanes of at least 4 members (excludes halogenated alkanes) is 20. The van der Waals surface area contributed by atoms with Crippen molar-refractivity contribution >= 4 is 0 Å². The Balaban J connectivity index is 2.10. The van der Waals surface area contributed by atoms with Crippen LogP contribution >= 0.6 is 0 Å². The lowest BCUT2D eigenvalue weighted by Crippen LogP contribution is -2.37. The maximum Gasteiger partial charge on any atom is 0.256 e. The topological polar surface area (TPSA) is 8.81 Å². The quantitative estimate of drug-likeness (QED) is 0.0930. The van der Waals surface area contributed by atoms with Gasteiger partial charge in [-0.3, -0.25) is 0 Å². The SMILES string of the molecule is CCCCCCCCCCCCCCCCc1n(CCCCCCCCCC)cc[n+]1CCC. The largest absolute Gasteiger partial charge is 0.256 e. The zero-order valence-corrected chi connectivity index (χ0v) is 23.9. The van der Waals surface area contributed by atoms with Gasteiger partial charge in [-0.05, 0) is 25.7 Å². The predicted molar refractivity (Wildman–Crippen MR) is 152 cm³/mol. The normalized spacial score (nSPS) is 11.5. The zero-order chi connectivity index (χ0) is 24.5. The summed E-state index contributed by atoms with van der Waals surface area (Å²) in [6.45, 7) is 9.31. The molecular formula is C32H63N2+. The molecule has 0 spiro atoms. The molecule has 1 heterocycles. The molecule has 0 saturated heterocycles. The molecule has 0 aromatic carbocycles. The molecule has 0 unspecified atom stereocenters. The van der Waals surface area contributed by atoms with E-state index in [1.54, 1.807) is 5.82 Å². The van der Waals surface area contributed by atoms with Crippen molar-refractivity contribution in [2.75, 3.05) is 0 Å². The molecule has 0 aliphatic rings. The van der Waals surface area contributed by atoms with Crippen molar-refractivity contribution in [3.8, 4) is 0 Å². The highest BCUT2D eigenvalue weighted by Gasteiger charge is 2.15. The van der Waals surface area contributed by atoms with Crippen LogP contribution in [0.5, 0.6) is 0 Å². The molecule has 0 radical (unpaired) electrons. The summed E-state index contributed by atoms with van der Waals surface area (Å²) in [5, 5.41) is 0. The van der Waals surface area contributed by atoms with Crippen LogP contribution in [0.15, 0.2) is 12.4 Å². The van der Waals surface area contributed by atoms with E-state index in [4.69, 9.17) is 0 Å². The van der Waals surface area contributed by atoms with Crippen molar-refractivity contribution in [1.82, 2.24) is 4.57 Å². The number of imidazole rings is 1. The summed E-state index contributed by atoms with van der Waals surface area (Å²) < 4.78 is 5.11. The van der Waals surface area contributed by atoms with Crippen LogP contribution in [0.4, 0.5) is 0 Å². The average Bonchev–Trinajstić information content (AvgIpc) is 3.22. The van der Waals surface area contributed by atoms with Crippen molar-refractivity contribution in [3.05, 3.63) is 18.2 Å². The van der Waals surface area contributed by atoms with Gasteiger partial charge in [-0.2, -0.15) is 0 Å². The lowest BCUT2D eigenvalue weighted by Gasteiger charge is -2.06. The van der Waals surface area contributed by atoms with Gasteiger partial charge in [0, 0.05) is 6.42 Å². The van der Waals surface area contributed by atoms with Crippen LogP contribution in [0.25, 0.3) is 0 Å². The van der Waals surface area contributed by atoms with E-state index >= 15 is 0 Å². The number of aryl methyl sites for hydroxylation is 2. The standard InChI is InChI=1S/C32H63N2/c1-4-7-9-11-13-15-16-17-18-19-20-21-23-25-27-32-33(28-6-3)30-31-34(32)29-26-24-22-14-12-10-8-5-2/h30-31H,4-29H2,1-3H3/q+1. The lowest BCUT2D eigenvalue weighted by atomic mass is 10.0. The molecule has 0 saturated carbocycles. The molecule has 0 amide bonds. The fraction of sp³-hybridized carbons (Fsp3) is 0.906. The predicted octanol–water partition coefficient (Wildman–Crippen LogP) is 10.4. The first-order chi connectivity index (χ1) is 16.8. The van der Waals surface area contributed by atoms with E-state index in [2.05, 4.69) is 42.3 Å². The second-order valence-corrected chi connectivity index (χ2v) is 10.9. The third-order valence-electron chi connectivity index (χ3n) is 7.56. The molecular weight excluding hydrogens is 412 g/mol. The van der Waals surface area contributed by atoms with Crippen molar-refractivity contribution in [2.45, 2.75) is 188 Å². The molecule has 0 N–H and O–H groups in total. The minimum atomic E-state index is 1.18. The van der Waals surface area contributed by atoms with Crippen LogP contribution in [0.1, 0.15) is 174 Å². The summed E-state index contributed by atoms with van der Waals surface area (Å²) in [6.07, 6.45) is 38.7. The summed E-state index contributed by atoms with van der Waals surface area (Å²) >= 11 is 0. The van der Waals surface area contributed by atoms with E-state index in [0.717, 1.165) is 0 Å². The molecule has 200 valence electrons. The first-order valence-electron chi connectivity index (χ1n) is 15.9. The Kier molecular flexibility index (Phi) is 22.0. The van der Waals surface area contributed by atoms with E-state index in [-0.39, 0.29) is 0 Å². The monoisotopic (exact) mass is 475 g/mol. The maximum absolute atomic E-state index is 2.58. The van der Waals surface area contributed by atoms with Gasteiger partial charge < -0.3 is 0 Å². The fourth-order valence-electron chi connectivity index (χ4n) is 5.33. The third-order valence-corrected chi connectivity index (χ3v) is 7.56. The number of nitrogens with zero attached hydrogens (tertiary/aromatic N) is 2. The minimum Gasteiger partial charge on any atom is -0.234 e. The van der Waals surface area contributed by atoms with Gasteiger partial charge in [0.25, 0.3) is 5.82 Å². The zero-order valence-electron chi connectivity index (χ0n) is 23.9. The highest BCUT2D eigenvalue weighted by atomic mass is 15.1. The van der Waals surface area contributed by atoms with Gasteiger partial charge in [0.1, 0.15) is 12.4 Å². The number of rotatable bonds is 26. The van der Waals surface area contributed by atoms with E-state index < -0.39 is 0 Å². The van der Waals surface area contributed by atoms with Gasteiger partial charge in [-0.1, -0.05) is 143 Å². The van der Waals surface area contributed by atoms with Crippen LogP contribution in [-0.4, -0.2) is 4.57 Å². The number of aromatic nitrogens is 2. The number of hydrogen-bond donors (Lipinski definition) is 0. The second-order valence-electron chi connectivity index (χ2n) is 10.9. The van der Waals surface area contributed by atoms with E-state index in [1.165, 1.54) is 167 Å². The number of hydrogen-bond acceptors (Lipinski definition) is 0. The molecule has 0 fully saturated rings. The van der Waals surface area contributed by atoms with Crippen LogP contribution in [0.3, 0.4) is 0 Å². The highest BCUT2D eigenvalue weighted by Crippen LogP contribution is 2.14. The fourth-order valence-corrected chi connectivity index (χ4v) is 5.33.